The molecule has 2 N–H and O–H groups in total. The molecule has 0 bridgehead atoms. The fraction of sp³-hybridized carbons (Fsp3) is 0.353. The maximum absolute atomic E-state index is 12.2. The smallest absolute Gasteiger partial charge is 0.406 e. The summed E-state index contributed by atoms with van der Waals surface area (Å²) in [6.07, 6.45) is -4.09. The van der Waals surface area contributed by atoms with Crippen molar-refractivity contribution in [2.75, 3.05) is 23.7 Å². The number of hydrogen-bond acceptors (Lipinski definition) is 6. The van der Waals surface area contributed by atoms with Gasteiger partial charge in [0.05, 0.1) is 12.2 Å². The van der Waals surface area contributed by atoms with Crippen LogP contribution in [0.15, 0.2) is 24.3 Å². The lowest BCUT2D eigenvalue weighted by Crippen LogP contribution is -2.36. The molecule has 0 spiro atoms. The number of nitrogens with one attached hydrogen (secondary N) is 2. The zero-order chi connectivity index (χ0) is 20.3. The van der Waals surface area contributed by atoms with Gasteiger partial charge in [-0.3, -0.25) is 14.5 Å². The third-order valence-corrected chi connectivity index (χ3v) is 4.83. The summed E-state index contributed by atoms with van der Waals surface area (Å²) in [5.74, 6) is -0.817. The van der Waals surface area contributed by atoms with Crippen LogP contribution in [0.5, 0.6) is 5.75 Å². The van der Waals surface area contributed by atoms with Crippen molar-refractivity contribution in [3.05, 3.63) is 34.8 Å². The first-order valence-corrected chi connectivity index (χ1v) is 9.14. The Morgan fingerprint density at radius 3 is 2.61 bits per heavy atom. The molecule has 0 unspecified atom stereocenters. The molecular formula is C17H17F3N4O3S. The number of alkyl halides is 3. The second-order valence-electron chi connectivity index (χ2n) is 6.15. The van der Waals surface area contributed by atoms with Crippen LogP contribution in [0, 0.1) is 0 Å². The number of amides is 2. The van der Waals surface area contributed by atoms with Crippen LogP contribution in [0.1, 0.15) is 17.5 Å². The van der Waals surface area contributed by atoms with Gasteiger partial charge in [-0.2, -0.15) is 0 Å². The quantitative estimate of drug-likeness (QED) is 0.786. The summed E-state index contributed by atoms with van der Waals surface area (Å²) in [5, 5.41) is 5.85. The van der Waals surface area contributed by atoms with Gasteiger partial charge in [-0.25, -0.2) is 4.98 Å². The third kappa shape index (κ3) is 5.67. The van der Waals surface area contributed by atoms with Crippen molar-refractivity contribution in [3.8, 4) is 5.75 Å². The fourth-order valence-corrected chi connectivity index (χ4v) is 3.83. The summed E-state index contributed by atoms with van der Waals surface area (Å²) in [7, 11) is 0. The number of benzene rings is 1. The molecule has 11 heteroatoms. The lowest BCUT2D eigenvalue weighted by atomic mass is 10.2. The second kappa shape index (κ2) is 8.15. The molecule has 0 aliphatic carbocycles. The Kier molecular flexibility index (Phi) is 5.84. The predicted molar refractivity (Wildman–Crippen MR) is 97.2 cm³/mol. The number of rotatable bonds is 5. The number of nitrogens with zero attached hydrogens (tertiary/aromatic N) is 2. The van der Waals surface area contributed by atoms with Gasteiger partial charge in [-0.15, -0.1) is 24.5 Å². The minimum atomic E-state index is -4.76. The minimum absolute atomic E-state index is 0.133. The van der Waals surface area contributed by atoms with Crippen LogP contribution in [-0.4, -0.2) is 41.2 Å². The zero-order valence-corrected chi connectivity index (χ0v) is 15.6. The molecule has 7 nitrogen and oxygen atoms in total. The fourth-order valence-electron chi connectivity index (χ4n) is 2.73. The lowest BCUT2D eigenvalue weighted by Gasteiger charge is -2.25. The Hall–Kier alpha value is -2.66. The molecule has 3 rings (SSSR count). The van der Waals surface area contributed by atoms with E-state index in [9.17, 15) is 22.8 Å². The molecule has 1 aromatic heterocycles. The number of carbonyl (C=O) groups excluding carboxylic acids is 2. The molecule has 2 heterocycles. The molecule has 0 radical (unpaired) electrons. The van der Waals surface area contributed by atoms with Crippen LogP contribution < -0.4 is 15.4 Å². The van der Waals surface area contributed by atoms with Crippen molar-refractivity contribution >= 4 is 34.0 Å². The summed E-state index contributed by atoms with van der Waals surface area (Å²) < 4.78 is 40.3. The van der Waals surface area contributed by atoms with E-state index in [-0.39, 0.29) is 24.1 Å². The van der Waals surface area contributed by atoms with E-state index in [0.29, 0.717) is 30.3 Å². The number of ether oxygens (including phenoxy) is 1. The Bertz CT molecular complexity index is 868. The first-order valence-electron chi connectivity index (χ1n) is 8.32. The van der Waals surface area contributed by atoms with Crippen LogP contribution >= 0.6 is 11.3 Å². The predicted octanol–water partition coefficient (Wildman–Crippen LogP) is 3.00. The summed E-state index contributed by atoms with van der Waals surface area (Å²) in [6.45, 7) is 2.73. The van der Waals surface area contributed by atoms with Crippen molar-refractivity contribution in [3.63, 3.8) is 0 Å². The van der Waals surface area contributed by atoms with Gasteiger partial charge >= 0.3 is 6.36 Å². The van der Waals surface area contributed by atoms with Gasteiger partial charge in [-0.05, 0) is 24.3 Å². The molecule has 1 aromatic carbocycles. The minimum Gasteiger partial charge on any atom is -0.406 e. The highest BCUT2D eigenvalue weighted by Crippen LogP contribution is 2.28. The zero-order valence-electron chi connectivity index (χ0n) is 14.8. The Labute approximate surface area is 162 Å². The largest absolute Gasteiger partial charge is 0.573 e. The monoisotopic (exact) mass is 414 g/mol. The Balaban J connectivity index is 1.53. The SMILES string of the molecule is CC(=O)Nc1nc2c(s1)CN(CC(=O)Nc1ccc(OC(F)(F)F)cc1)CC2. The normalized spacial score (nSPS) is 14.3. The summed E-state index contributed by atoms with van der Waals surface area (Å²) in [6, 6.07) is 4.96. The number of thiazole rings is 1. The number of aromatic nitrogens is 1. The van der Waals surface area contributed by atoms with Gasteiger partial charge in [0, 0.05) is 37.0 Å². The van der Waals surface area contributed by atoms with Gasteiger partial charge < -0.3 is 15.4 Å². The van der Waals surface area contributed by atoms with Crippen LogP contribution in [0.4, 0.5) is 24.0 Å². The van der Waals surface area contributed by atoms with E-state index in [1.807, 2.05) is 4.90 Å². The molecule has 0 fully saturated rings. The molecule has 0 saturated heterocycles. The standard InChI is InChI=1S/C17H17F3N4O3S/c1-10(25)21-16-23-13-6-7-24(8-14(13)28-16)9-15(26)22-11-2-4-12(5-3-11)27-17(18,19)20/h2-5H,6-9H2,1H3,(H,22,26)(H,21,23,25). The van der Waals surface area contributed by atoms with Gasteiger partial charge in [0.25, 0.3) is 0 Å². The molecule has 0 atom stereocenters. The Morgan fingerprint density at radius 2 is 1.96 bits per heavy atom. The summed E-state index contributed by atoms with van der Waals surface area (Å²) >= 11 is 1.38. The highest BCUT2D eigenvalue weighted by atomic mass is 32.1. The van der Waals surface area contributed by atoms with Gasteiger partial charge in [0.15, 0.2) is 5.13 Å². The number of anilines is 2. The van der Waals surface area contributed by atoms with Crippen LogP contribution in [0.2, 0.25) is 0 Å². The topological polar surface area (TPSA) is 83.6 Å². The average Bonchev–Trinajstić information content (AvgIpc) is 2.96. The van der Waals surface area contributed by atoms with Crippen molar-refractivity contribution in [2.24, 2.45) is 0 Å². The van der Waals surface area contributed by atoms with Crippen LogP contribution in [0.3, 0.4) is 0 Å². The molecule has 150 valence electrons. The van der Waals surface area contributed by atoms with E-state index in [1.54, 1.807) is 0 Å². The van der Waals surface area contributed by atoms with E-state index in [2.05, 4.69) is 20.4 Å². The molecule has 28 heavy (non-hydrogen) atoms. The van der Waals surface area contributed by atoms with E-state index in [1.165, 1.54) is 30.4 Å². The van der Waals surface area contributed by atoms with E-state index < -0.39 is 6.36 Å². The number of hydrogen-bond donors (Lipinski definition) is 2. The highest BCUT2D eigenvalue weighted by molar-refractivity contribution is 7.15. The van der Waals surface area contributed by atoms with Gasteiger partial charge in [0.1, 0.15) is 5.75 Å². The molecule has 2 aromatic rings. The second-order valence-corrected chi connectivity index (χ2v) is 7.23. The molecule has 1 aliphatic rings. The van der Waals surface area contributed by atoms with Gasteiger partial charge in [-0.1, -0.05) is 0 Å². The van der Waals surface area contributed by atoms with Crippen LogP contribution in [-0.2, 0) is 22.6 Å². The first-order chi connectivity index (χ1) is 13.2. The summed E-state index contributed by atoms with van der Waals surface area (Å²) in [5.41, 5.74) is 1.30. The van der Waals surface area contributed by atoms with Crippen molar-refractivity contribution in [1.29, 1.82) is 0 Å². The Morgan fingerprint density at radius 1 is 1.25 bits per heavy atom. The van der Waals surface area contributed by atoms with Crippen LogP contribution in [0.25, 0.3) is 0 Å². The third-order valence-electron chi connectivity index (χ3n) is 3.83. The van der Waals surface area contributed by atoms with Crippen molar-refractivity contribution in [1.82, 2.24) is 9.88 Å². The lowest BCUT2D eigenvalue weighted by molar-refractivity contribution is -0.274. The maximum atomic E-state index is 12.2. The van der Waals surface area contributed by atoms with Crippen molar-refractivity contribution in [2.45, 2.75) is 26.3 Å². The molecule has 1 aliphatic heterocycles. The molecular weight excluding hydrogens is 397 g/mol. The summed E-state index contributed by atoms with van der Waals surface area (Å²) in [4.78, 5) is 30.7. The van der Waals surface area contributed by atoms with Gasteiger partial charge in [0.2, 0.25) is 11.8 Å². The number of halogens is 3. The first kappa shape index (κ1) is 20.1. The van der Waals surface area contributed by atoms with Crippen molar-refractivity contribution < 1.29 is 27.5 Å². The molecule has 0 saturated carbocycles. The highest BCUT2D eigenvalue weighted by Gasteiger charge is 2.31. The number of carbonyl (C=O) groups is 2. The van der Waals surface area contributed by atoms with E-state index >= 15 is 0 Å². The number of fused-ring (bicyclic) bond motifs is 1. The van der Waals surface area contributed by atoms with E-state index in [4.69, 9.17) is 0 Å². The average molecular weight is 414 g/mol. The maximum Gasteiger partial charge on any atom is 0.573 e. The molecule has 2 amide bonds. The van der Waals surface area contributed by atoms with E-state index in [0.717, 1.165) is 22.7 Å².